The molecule has 0 aliphatic rings. The zero-order valence-corrected chi connectivity index (χ0v) is 9.79. The molecule has 0 radical (unpaired) electrons. The van der Waals surface area contributed by atoms with Crippen molar-refractivity contribution in [3.8, 4) is 0 Å². The minimum Gasteiger partial charge on any atom is -0.394 e. The highest BCUT2D eigenvalue weighted by molar-refractivity contribution is 4.67. The van der Waals surface area contributed by atoms with Gasteiger partial charge in [0, 0.05) is 6.92 Å². The van der Waals surface area contributed by atoms with Gasteiger partial charge in [-0.05, 0) is 6.92 Å². The quantitative estimate of drug-likeness (QED) is 0.731. The first-order chi connectivity index (χ1) is 8.08. The van der Waals surface area contributed by atoms with Gasteiger partial charge in [0.2, 0.25) is 0 Å². The van der Waals surface area contributed by atoms with Crippen molar-refractivity contribution in [2.24, 2.45) is 0 Å². The van der Waals surface area contributed by atoms with Crippen LogP contribution in [0.4, 0.5) is 39.5 Å². The summed E-state index contributed by atoms with van der Waals surface area (Å²) in [5, 5.41) is 16.0. The van der Waals surface area contributed by atoms with Gasteiger partial charge in [-0.3, -0.25) is 0 Å². The van der Waals surface area contributed by atoms with Crippen LogP contribution in [-0.4, -0.2) is 47.9 Å². The van der Waals surface area contributed by atoms with E-state index in [1.807, 2.05) is 0 Å². The largest absolute Gasteiger partial charge is 0.452 e. The average molecular weight is 312 g/mol. The van der Waals surface area contributed by atoms with E-state index in [1.54, 1.807) is 0 Å². The second kappa shape index (κ2) is 9.23. The smallest absolute Gasteiger partial charge is 0.394 e. The molecule has 1 atom stereocenters. The highest BCUT2D eigenvalue weighted by Gasteiger charge is 2.52. The van der Waals surface area contributed by atoms with Gasteiger partial charge in [0.15, 0.2) is 6.67 Å². The minimum atomic E-state index is -5.40. The summed E-state index contributed by atoms with van der Waals surface area (Å²) in [6.45, 7) is -1.03. The van der Waals surface area contributed by atoms with Gasteiger partial charge in [0.05, 0.1) is 12.7 Å². The summed E-state index contributed by atoms with van der Waals surface area (Å²) < 4.78 is 96.2. The molecule has 0 aliphatic heterocycles. The maximum Gasteiger partial charge on any atom is 0.452 e. The normalized spacial score (nSPS) is 13.7. The lowest BCUT2D eigenvalue weighted by molar-refractivity contribution is -0.273. The van der Waals surface area contributed by atoms with Gasteiger partial charge in [-0.2, -0.15) is 35.1 Å². The Hall–Kier alpha value is -0.710. The number of hydrogen-bond acceptors (Lipinski definition) is 2. The van der Waals surface area contributed by atoms with E-state index in [0.29, 0.717) is 0 Å². The molecule has 0 aliphatic carbocycles. The average Bonchev–Trinajstić information content (AvgIpc) is 2.15. The predicted octanol–water partition coefficient (Wildman–Crippen LogP) is 3.08. The zero-order valence-electron chi connectivity index (χ0n) is 9.79. The molecule has 0 saturated heterocycles. The molecule has 1 unspecified atom stereocenters. The Morgan fingerprint density at radius 1 is 0.947 bits per heavy atom. The Morgan fingerprint density at radius 2 is 1.11 bits per heavy atom. The Labute approximate surface area is 102 Å². The highest BCUT2D eigenvalue weighted by Crippen LogP contribution is 2.34. The van der Waals surface area contributed by atoms with Crippen LogP contribution < -0.4 is 0 Å². The fourth-order valence-electron chi connectivity index (χ4n) is 0. The molecule has 19 heavy (non-hydrogen) atoms. The Balaban J connectivity index is -0.000000209. The topological polar surface area (TPSA) is 40.5 Å². The molecule has 0 fully saturated rings. The van der Waals surface area contributed by atoms with E-state index in [0.717, 1.165) is 0 Å². The lowest BCUT2D eigenvalue weighted by Crippen LogP contribution is -2.32. The molecule has 0 saturated carbocycles. The van der Waals surface area contributed by atoms with Gasteiger partial charge >= 0.3 is 18.3 Å². The van der Waals surface area contributed by atoms with Crippen molar-refractivity contribution in [2.75, 3.05) is 13.3 Å². The molecule has 0 bridgehead atoms. The molecule has 0 aromatic rings. The Kier molecular flexibility index (Phi) is 11.4. The second-order valence-corrected chi connectivity index (χ2v) is 3.17. The molecule has 0 heterocycles. The maximum absolute atomic E-state index is 11.1. The Morgan fingerprint density at radius 3 is 1.11 bits per heavy atom. The molecule has 2 N–H and O–H groups in total. The molecule has 0 rings (SSSR count). The third kappa shape index (κ3) is 22.9. The van der Waals surface area contributed by atoms with Crippen LogP contribution in [0.2, 0.25) is 0 Å². The summed E-state index contributed by atoms with van der Waals surface area (Å²) in [5.41, 5.74) is 0. The lowest BCUT2D eigenvalue weighted by atomic mass is 10.4. The van der Waals surface area contributed by atoms with Crippen LogP contribution in [0.15, 0.2) is 0 Å². The number of halogens is 9. The third-order valence-corrected chi connectivity index (χ3v) is 0.914. The van der Waals surface area contributed by atoms with Crippen LogP contribution in [-0.2, 0) is 0 Å². The van der Waals surface area contributed by atoms with E-state index in [-0.39, 0.29) is 13.5 Å². The van der Waals surface area contributed by atoms with Crippen molar-refractivity contribution < 1.29 is 49.7 Å². The summed E-state index contributed by atoms with van der Waals surface area (Å²) in [7, 11) is 0. The lowest BCUT2D eigenvalue weighted by Gasteiger charge is -2.12. The molecule has 0 aromatic heterocycles. The van der Waals surface area contributed by atoms with Gasteiger partial charge in [-0.1, -0.05) is 0 Å². The molecule has 11 heteroatoms. The number of aliphatic hydroxyl groups excluding tert-OH is 2. The van der Waals surface area contributed by atoms with Crippen molar-refractivity contribution in [1.82, 2.24) is 0 Å². The van der Waals surface area contributed by atoms with Crippen molar-refractivity contribution in [1.29, 1.82) is 0 Å². The van der Waals surface area contributed by atoms with E-state index in [4.69, 9.17) is 10.2 Å². The van der Waals surface area contributed by atoms with E-state index >= 15 is 0 Å². The summed E-state index contributed by atoms with van der Waals surface area (Å²) in [6.07, 6.45) is -10.6. The SMILES string of the molecule is CC(F)(F)C(F)(F)F.CC(O)CO.FCC(F)(F)F. The number of hydrogen-bond donors (Lipinski definition) is 2. The standard InChI is InChI=1S/C3H3F5.C3H8O2.C2H2F4/c1-2(4,5)3(6,7)8;1-3(5)2-4;3-1-2(4,5)6/h1H3;3-5H,2H2,1H3;1H2. The highest BCUT2D eigenvalue weighted by atomic mass is 19.4. The van der Waals surface area contributed by atoms with Crippen molar-refractivity contribution in [3.05, 3.63) is 0 Å². The van der Waals surface area contributed by atoms with Crippen LogP contribution >= 0.6 is 0 Å². The number of alkyl halides is 9. The summed E-state index contributed by atoms with van der Waals surface area (Å²) in [6, 6.07) is 0. The van der Waals surface area contributed by atoms with Crippen LogP contribution in [0.1, 0.15) is 13.8 Å². The predicted molar refractivity (Wildman–Crippen MR) is 47.5 cm³/mol. The molecule has 0 amide bonds. The van der Waals surface area contributed by atoms with Crippen LogP contribution in [0.3, 0.4) is 0 Å². The van der Waals surface area contributed by atoms with Crippen molar-refractivity contribution >= 4 is 0 Å². The molecular weight excluding hydrogens is 299 g/mol. The third-order valence-electron chi connectivity index (χ3n) is 0.914. The van der Waals surface area contributed by atoms with Gasteiger partial charge < -0.3 is 10.2 Å². The monoisotopic (exact) mass is 312 g/mol. The maximum atomic E-state index is 11.1. The zero-order chi connectivity index (χ0) is 16.5. The van der Waals surface area contributed by atoms with Gasteiger partial charge in [0.25, 0.3) is 0 Å². The first-order valence-corrected chi connectivity index (χ1v) is 4.44. The molecule has 0 spiro atoms. The van der Waals surface area contributed by atoms with Crippen molar-refractivity contribution in [3.63, 3.8) is 0 Å². The van der Waals surface area contributed by atoms with E-state index in [9.17, 15) is 39.5 Å². The first kappa shape index (κ1) is 23.4. The Bertz CT molecular complexity index is 192. The van der Waals surface area contributed by atoms with Crippen LogP contribution in [0.5, 0.6) is 0 Å². The molecular formula is C8H13F9O2. The molecule has 0 aromatic carbocycles. The van der Waals surface area contributed by atoms with Gasteiger partial charge in [0.1, 0.15) is 0 Å². The van der Waals surface area contributed by atoms with Gasteiger partial charge in [-0.25, -0.2) is 4.39 Å². The summed E-state index contributed by atoms with van der Waals surface area (Å²) in [5.74, 6) is -4.56. The fourth-order valence-corrected chi connectivity index (χ4v) is 0. The molecule has 120 valence electrons. The van der Waals surface area contributed by atoms with Crippen LogP contribution in [0, 0.1) is 0 Å². The number of rotatable bonds is 1. The fraction of sp³-hybridized carbons (Fsp3) is 1.00. The second-order valence-electron chi connectivity index (χ2n) is 3.17. The summed E-state index contributed by atoms with van der Waals surface area (Å²) in [4.78, 5) is 0. The first-order valence-electron chi connectivity index (χ1n) is 4.44. The van der Waals surface area contributed by atoms with E-state index < -0.39 is 31.1 Å². The summed E-state index contributed by atoms with van der Waals surface area (Å²) >= 11 is 0. The van der Waals surface area contributed by atoms with E-state index in [1.165, 1.54) is 6.92 Å². The van der Waals surface area contributed by atoms with Crippen LogP contribution in [0.25, 0.3) is 0 Å². The van der Waals surface area contributed by atoms with E-state index in [2.05, 4.69) is 0 Å². The van der Waals surface area contributed by atoms with Gasteiger partial charge in [-0.15, -0.1) is 0 Å². The molecule has 2 nitrogen and oxygen atoms in total. The van der Waals surface area contributed by atoms with Crippen molar-refractivity contribution in [2.45, 2.75) is 38.2 Å². The minimum absolute atomic E-state index is 0.139. The number of aliphatic hydroxyl groups is 2.